The predicted octanol–water partition coefficient (Wildman–Crippen LogP) is 3.92. The topological polar surface area (TPSA) is 50.4 Å². The maximum Gasteiger partial charge on any atom is 0.407 e. The van der Waals surface area contributed by atoms with Crippen LogP contribution in [0.2, 0.25) is 0 Å². The fourth-order valence-electron chi connectivity index (χ4n) is 1.57. The monoisotopic (exact) mass is 390 g/mol. The molecule has 1 aromatic rings. The second-order valence-electron chi connectivity index (χ2n) is 5.89. The highest BCUT2D eigenvalue weighted by atomic mass is 127. The zero-order chi connectivity index (χ0) is 15.3. The molecule has 0 aliphatic heterocycles. The van der Waals surface area contributed by atoms with Gasteiger partial charge >= 0.3 is 6.09 Å². The minimum absolute atomic E-state index is 0.126. The highest BCUT2D eigenvalue weighted by Gasteiger charge is 2.16. The Bertz CT molecular complexity index is 469. The van der Waals surface area contributed by atoms with Gasteiger partial charge in [-0.3, -0.25) is 0 Å². The van der Waals surface area contributed by atoms with Gasteiger partial charge in [0.1, 0.15) is 5.60 Å². The average molecular weight is 390 g/mol. The van der Waals surface area contributed by atoms with Gasteiger partial charge in [-0.2, -0.15) is 0 Å². The molecule has 0 heterocycles. The van der Waals surface area contributed by atoms with E-state index in [2.05, 4.69) is 52.3 Å². The van der Waals surface area contributed by atoms with Gasteiger partial charge in [-0.05, 0) is 74.9 Å². The molecule has 0 radical (unpaired) electrons. The lowest BCUT2D eigenvalue weighted by Crippen LogP contribution is -2.38. The molecule has 0 aliphatic carbocycles. The molecule has 0 saturated carbocycles. The minimum Gasteiger partial charge on any atom is -0.444 e. The number of amides is 1. The first-order chi connectivity index (χ1) is 9.17. The molecule has 1 rings (SSSR count). The van der Waals surface area contributed by atoms with Crippen LogP contribution in [0, 0.1) is 10.5 Å². The molecule has 0 bridgehead atoms. The van der Waals surface area contributed by atoms with Crippen LogP contribution >= 0.6 is 22.6 Å². The van der Waals surface area contributed by atoms with Gasteiger partial charge in [-0.25, -0.2) is 4.79 Å². The SMILES string of the molecule is Cc1ccc(NC(C)CNC(=O)OC(C)(C)C)cc1I. The Kier molecular flexibility index (Phi) is 6.10. The number of hydrogen-bond acceptors (Lipinski definition) is 3. The van der Waals surface area contributed by atoms with Crippen molar-refractivity contribution in [3.63, 3.8) is 0 Å². The standard InChI is InChI=1S/C15H23IN2O2/c1-10-6-7-12(8-13(10)16)18-11(2)9-17-14(19)20-15(3,4)5/h6-8,11,18H,9H2,1-5H3,(H,17,19). The molecule has 0 saturated heterocycles. The van der Waals surface area contributed by atoms with E-state index in [1.54, 1.807) is 0 Å². The van der Waals surface area contributed by atoms with Crippen molar-refractivity contribution in [3.05, 3.63) is 27.3 Å². The molecular formula is C15H23IN2O2. The summed E-state index contributed by atoms with van der Waals surface area (Å²) in [5.74, 6) is 0. The fourth-order valence-corrected chi connectivity index (χ4v) is 2.08. The van der Waals surface area contributed by atoms with Crippen molar-refractivity contribution in [2.75, 3.05) is 11.9 Å². The van der Waals surface area contributed by atoms with Gasteiger partial charge in [0.2, 0.25) is 0 Å². The maximum atomic E-state index is 11.6. The van der Waals surface area contributed by atoms with Gasteiger partial charge < -0.3 is 15.4 Å². The summed E-state index contributed by atoms with van der Waals surface area (Å²) in [5.41, 5.74) is 1.85. The number of aryl methyl sites for hydroxylation is 1. The summed E-state index contributed by atoms with van der Waals surface area (Å²) >= 11 is 2.31. The lowest BCUT2D eigenvalue weighted by molar-refractivity contribution is 0.0526. The van der Waals surface area contributed by atoms with Gasteiger partial charge in [0.15, 0.2) is 0 Å². The smallest absolute Gasteiger partial charge is 0.407 e. The molecular weight excluding hydrogens is 367 g/mol. The number of anilines is 1. The van der Waals surface area contributed by atoms with Crippen molar-refractivity contribution in [3.8, 4) is 0 Å². The van der Waals surface area contributed by atoms with E-state index in [0.717, 1.165) is 5.69 Å². The average Bonchev–Trinajstić information content (AvgIpc) is 2.29. The van der Waals surface area contributed by atoms with Crippen molar-refractivity contribution in [2.45, 2.75) is 46.3 Å². The second kappa shape index (κ2) is 7.15. The third-order valence-corrected chi connectivity index (χ3v) is 3.70. The molecule has 0 fully saturated rings. The summed E-state index contributed by atoms with van der Waals surface area (Å²) in [7, 11) is 0. The third kappa shape index (κ3) is 6.45. The van der Waals surface area contributed by atoms with E-state index in [4.69, 9.17) is 4.74 Å². The van der Waals surface area contributed by atoms with Gasteiger partial charge in [0.05, 0.1) is 0 Å². The van der Waals surface area contributed by atoms with E-state index in [1.807, 2.05) is 33.8 Å². The van der Waals surface area contributed by atoms with Crippen LogP contribution in [-0.4, -0.2) is 24.3 Å². The molecule has 5 heteroatoms. The minimum atomic E-state index is -0.464. The van der Waals surface area contributed by atoms with Crippen molar-refractivity contribution in [1.29, 1.82) is 0 Å². The molecule has 1 unspecified atom stereocenters. The van der Waals surface area contributed by atoms with E-state index in [-0.39, 0.29) is 12.1 Å². The number of carbonyl (C=O) groups excluding carboxylic acids is 1. The number of nitrogens with one attached hydrogen (secondary N) is 2. The fraction of sp³-hybridized carbons (Fsp3) is 0.533. The van der Waals surface area contributed by atoms with Gasteiger partial charge in [-0.1, -0.05) is 6.07 Å². The molecule has 0 aromatic heterocycles. The maximum absolute atomic E-state index is 11.6. The Balaban J connectivity index is 2.42. The van der Waals surface area contributed by atoms with Crippen LogP contribution in [0.15, 0.2) is 18.2 Å². The first kappa shape index (κ1) is 17.1. The molecule has 112 valence electrons. The Hall–Kier alpha value is -0.980. The summed E-state index contributed by atoms with van der Waals surface area (Å²) < 4.78 is 6.42. The Morgan fingerprint density at radius 1 is 1.40 bits per heavy atom. The number of hydrogen-bond donors (Lipinski definition) is 2. The summed E-state index contributed by atoms with van der Waals surface area (Å²) in [5, 5.41) is 6.11. The number of carbonyl (C=O) groups is 1. The first-order valence-corrected chi connectivity index (χ1v) is 7.75. The lowest BCUT2D eigenvalue weighted by Gasteiger charge is -2.21. The molecule has 2 N–H and O–H groups in total. The van der Waals surface area contributed by atoms with Gasteiger partial charge in [-0.15, -0.1) is 0 Å². The lowest BCUT2D eigenvalue weighted by atomic mass is 10.2. The predicted molar refractivity (Wildman–Crippen MR) is 91.2 cm³/mol. The zero-order valence-electron chi connectivity index (χ0n) is 12.7. The zero-order valence-corrected chi connectivity index (χ0v) is 14.9. The van der Waals surface area contributed by atoms with Crippen LogP contribution in [0.1, 0.15) is 33.3 Å². The second-order valence-corrected chi connectivity index (χ2v) is 7.05. The number of rotatable bonds is 4. The quantitative estimate of drug-likeness (QED) is 0.767. The third-order valence-electron chi connectivity index (χ3n) is 2.54. The van der Waals surface area contributed by atoms with Crippen LogP contribution < -0.4 is 10.6 Å². The summed E-state index contributed by atoms with van der Waals surface area (Å²) in [6.07, 6.45) is -0.385. The highest BCUT2D eigenvalue weighted by Crippen LogP contribution is 2.17. The largest absolute Gasteiger partial charge is 0.444 e. The molecule has 1 atom stereocenters. The molecule has 0 aliphatic rings. The van der Waals surface area contributed by atoms with Crippen molar-refractivity contribution in [1.82, 2.24) is 5.32 Å². The van der Waals surface area contributed by atoms with Crippen LogP contribution in [0.5, 0.6) is 0 Å². The number of halogens is 1. The normalized spacial score (nSPS) is 12.7. The summed E-state index contributed by atoms with van der Waals surface area (Å²) in [4.78, 5) is 11.6. The van der Waals surface area contributed by atoms with E-state index in [1.165, 1.54) is 9.13 Å². The molecule has 1 aromatic carbocycles. The number of benzene rings is 1. The van der Waals surface area contributed by atoms with Gasteiger partial charge in [0, 0.05) is 21.8 Å². The summed E-state index contributed by atoms with van der Waals surface area (Å²) in [6.45, 7) is 10.2. The van der Waals surface area contributed by atoms with Crippen LogP contribution in [-0.2, 0) is 4.74 Å². The molecule has 4 nitrogen and oxygen atoms in total. The molecule has 20 heavy (non-hydrogen) atoms. The Morgan fingerprint density at radius 2 is 2.05 bits per heavy atom. The van der Waals surface area contributed by atoms with Crippen molar-refractivity contribution in [2.24, 2.45) is 0 Å². The van der Waals surface area contributed by atoms with Crippen LogP contribution in [0.4, 0.5) is 10.5 Å². The number of ether oxygens (including phenoxy) is 1. The van der Waals surface area contributed by atoms with Crippen molar-refractivity contribution < 1.29 is 9.53 Å². The van der Waals surface area contributed by atoms with E-state index < -0.39 is 5.60 Å². The highest BCUT2D eigenvalue weighted by molar-refractivity contribution is 14.1. The van der Waals surface area contributed by atoms with Crippen LogP contribution in [0.25, 0.3) is 0 Å². The van der Waals surface area contributed by atoms with Crippen LogP contribution in [0.3, 0.4) is 0 Å². The molecule has 0 spiro atoms. The van der Waals surface area contributed by atoms with Crippen molar-refractivity contribution >= 4 is 34.4 Å². The molecule has 1 amide bonds. The van der Waals surface area contributed by atoms with Gasteiger partial charge in [0.25, 0.3) is 0 Å². The van der Waals surface area contributed by atoms with E-state index >= 15 is 0 Å². The summed E-state index contributed by atoms with van der Waals surface area (Å²) in [6, 6.07) is 6.35. The van der Waals surface area contributed by atoms with E-state index in [9.17, 15) is 4.79 Å². The number of alkyl carbamates (subject to hydrolysis) is 1. The van der Waals surface area contributed by atoms with E-state index in [0.29, 0.717) is 6.54 Å². The Morgan fingerprint density at radius 3 is 2.60 bits per heavy atom. The Labute approximate surface area is 134 Å². The first-order valence-electron chi connectivity index (χ1n) is 6.67.